The van der Waals surface area contributed by atoms with Gasteiger partial charge < -0.3 is 0 Å². The summed E-state index contributed by atoms with van der Waals surface area (Å²) in [6.45, 7) is 4.19. The fourth-order valence-corrected chi connectivity index (χ4v) is 4.10. The second-order valence-electron chi connectivity index (χ2n) is 8.41. The molecule has 4 heteroatoms. The molecule has 0 N–H and O–H groups in total. The van der Waals surface area contributed by atoms with Crippen molar-refractivity contribution >= 4 is 5.78 Å². The number of carbonyl (C=O) groups excluding carboxylic acids is 1. The van der Waals surface area contributed by atoms with Crippen LogP contribution in [0.5, 0.6) is 0 Å². The number of carbonyl (C=O) groups is 1. The average Bonchev–Trinajstić information content (AvgIpc) is 2.93. The Labute approximate surface area is 178 Å². The van der Waals surface area contributed by atoms with Crippen molar-refractivity contribution in [3.63, 3.8) is 0 Å². The van der Waals surface area contributed by atoms with Crippen LogP contribution in [-0.4, -0.2) is 33.2 Å². The van der Waals surface area contributed by atoms with Gasteiger partial charge in [0, 0.05) is 36.3 Å². The maximum absolute atomic E-state index is 13.4. The number of benzene rings is 2. The number of rotatable bonds is 3. The maximum atomic E-state index is 13.4. The lowest BCUT2D eigenvalue weighted by Gasteiger charge is -2.39. The summed E-state index contributed by atoms with van der Waals surface area (Å²) in [6, 6.07) is 19.9. The van der Waals surface area contributed by atoms with Gasteiger partial charge in [-0.05, 0) is 38.6 Å². The molecule has 0 saturated carbocycles. The van der Waals surface area contributed by atoms with Gasteiger partial charge in [-0.1, -0.05) is 60.4 Å². The summed E-state index contributed by atoms with van der Waals surface area (Å²) >= 11 is 0. The minimum Gasteiger partial charge on any atom is -0.297 e. The molecule has 30 heavy (non-hydrogen) atoms. The van der Waals surface area contributed by atoms with Gasteiger partial charge in [0.15, 0.2) is 11.6 Å². The summed E-state index contributed by atoms with van der Waals surface area (Å²) in [5.41, 5.74) is 1.61. The summed E-state index contributed by atoms with van der Waals surface area (Å²) < 4.78 is 0. The lowest BCUT2D eigenvalue weighted by Crippen LogP contribution is -2.51. The Morgan fingerprint density at radius 3 is 2.03 bits per heavy atom. The molecule has 4 rings (SSSR count). The first-order valence-electron chi connectivity index (χ1n) is 10.1. The largest absolute Gasteiger partial charge is 0.297 e. The normalized spacial score (nSPS) is 20.6. The van der Waals surface area contributed by atoms with Crippen LogP contribution in [0.2, 0.25) is 0 Å². The lowest BCUT2D eigenvalue weighted by atomic mass is 9.86. The van der Waals surface area contributed by atoms with Gasteiger partial charge in [-0.2, -0.15) is 0 Å². The van der Waals surface area contributed by atoms with Crippen LogP contribution in [0.4, 0.5) is 0 Å². The van der Waals surface area contributed by atoms with E-state index in [1.807, 2.05) is 67.7 Å². The molecule has 3 aromatic rings. The number of aromatic nitrogens is 2. The van der Waals surface area contributed by atoms with E-state index in [1.54, 1.807) is 12.4 Å². The van der Waals surface area contributed by atoms with Crippen molar-refractivity contribution < 1.29 is 4.79 Å². The van der Waals surface area contributed by atoms with Crippen molar-refractivity contribution in [2.45, 2.75) is 37.8 Å². The zero-order valence-electron chi connectivity index (χ0n) is 17.6. The quantitative estimate of drug-likeness (QED) is 0.629. The molecular formula is C26H25N3O. The first-order valence-corrected chi connectivity index (χ1v) is 10.1. The molecular weight excluding hydrogens is 370 g/mol. The third kappa shape index (κ3) is 3.65. The van der Waals surface area contributed by atoms with Crippen LogP contribution in [-0.2, 0) is 16.8 Å². The van der Waals surface area contributed by atoms with Crippen molar-refractivity contribution in [1.82, 2.24) is 14.9 Å². The highest BCUT2D eigenvalue weighted by Crippen LogP contribution is 2.44. The zero-order valence-corrected chi connectivity index (χ0v) is 17.6. The highest BCUT2D eigenvalue weighted by molar-refractivity contribution is 5.92. The molecule has 2 aromatic carbocycles. The van der Waals surface area contributed by atoms with Crippen LogP contribution in [0, 0.1) is 11.8 Å². The number of likely N-dealkylation sites (N-methyl/N-ethyl adjacent to an activating group) is 1. The number of ketones is 1. The molecule has 1 fully saturated rings. The van der Waals surface area contributed by atoms with Crippen molar-refractivity contribution in [2.24, 2.45) is 0 Å². The van der Waals surface area contributed by atoms with Crippen molar-refractivity contribution in [1.29, 1.82) is 0 Å². The minimum absolute atomic E-state index is 0.155. The van der Waals surface area contributed by atoms with E-state index in [1.165, 1.54) is 0 Å². The Bertz CT molecular complexity index is 1100. The number of nitrogens with zero attached hydrogens (tertiary/aromatic N) is 3. The Kier molecular flexibility index (Phi) is 5.24. The third-order valence-electron chi connectivity index (χ3n) is 5.98. The average molecular weight is 396 g/mol. The van der Waals surface area contributed by atoms with Crippen LogP contribution in [0.15, 0.2) is 73.1 Å². The number of likely N-dealkylation sites (tertiary alicyclic amines) is 1. The van der Waals surface area contributed by atoms with Gasteiger partial charge in [-0.25, -0.2) is 9.97 Å². The summed E-state index contributed by atoms with van der Waals surface area (Å²) in [5, 5.41) is 0. The van der Waals surface area contributed by atoms with E-state index in [0.29, 0.717) is 18.7 Å². The van der Waals surface area contributed by atoms with Crippen LogP contribution in [0.1, 0.15) is 42.8 Å². The third-order valence-corrected chi connectivity index (χ3v) is 5.98. The molecule has 1 aliphatic heterocycles. The number of hydrogen-bond donors (Lipinski definition) is 0. The Hall–Kier alpha value is -3.29. The molecule has 4 nitrogen and oxygen atoms in total. The van der Waals surface area contributed by atoms with Crippen LogP contribution >= 0.6 is 0 Å². The van der Waals surface area contributed by atoms with Crippen molar-refractivity contribution in [3.05, 3.63) is 95.6 Å². The van der Waals surface area contributed by atoms with E-state index in [0.717, 1.165) is 16.7 Å². The van der Waals surface area contributed by atoms with Crippen molar-refractivity contribution in [2.75, 3.05) is 7.05 Å². The second-order valence-corrected chi connectivity index (χ2v) is 8.41. The number of hydrogen-bond acceptors (Lipinski definition) is 4. The zero-order chi connectivity index (χ0) is 21.2. The highest BCUT2D eigenvalue weighted by atomic mass is 16.1. The Morgan fingerprint density at radius 2 is 1.47 bits per heavy atom. The van der Waals surface area contributed by atoms with Gasteiger partial charge in [-0.15, -0.1) is 0 Å². The fraction of sp³-hybridized carbons (Fsp3) is 0.269. The molecule has 1 aliphatic rings. The molecule has 0 amide bonds. The predicted molar refractivity (Wildman–Crippen MR) is 118 cm³/mol. The van der Waals surface area contributed by atoms with Gasteiger partial charge in [0.25, 0.3) is 0 Å². The number of Topliss-reactive ketones (excluding diaryl/α,β-unsaturated/α-hetero) is 1. The van der Waals surface area contributed by atoms with Gasteiger partial charge in [0.1, 0.15) is 5.54 Å². The second kappa shape index (κ2) is 7.85. The summed E-state index contributed by atoms with van der Waals surface area (Å²) in [6.07, 6.45) is 4.45. The SMILES string of the molecule is CN1C(C)(C)CC(=O)C1(Cc1ccccc1)c1ncc(C#Cc2ccccc2)cn1. The predicted octanol–water partition coefficient (Wildman–Crippen LogP) is 4.00. The first-order chi connectivity index (χ1) is 14.4. The first kappa shape index (κ1) is 20.0. The van der Waals surface area contributed by atoms with E-state index in [2.05, 4.69) is 40.6 Å². The van der Waals surface area contributed by atoms with E-state index in [9.17, 15) is 4.79 Å². The molecule has 1 atom stereocenters. The summed E-state index contributed by atoms with van der Waals surface area (Å²) in [5.74, 6) is 6.92. The Balaban J connectivity index is 1.71. The molecule has 0 spiro atoms. The Morgan fingerprint density at radius 1 is 0.900 bits per heavy atom. The van der Waals surface area contributed by atoms with E-state index >= 15 is 0 Å². The van der Waals surface area contributed by atoms with Gasteiger partial charge in [0.05, 0.1) is 5.56 Å². The van der Waals surface area contributed by atoms with Crippen molar-refractivity contribution in [3.8, 4) is 11.8 Å². The summed E-state index contributed by atoms with van der Waals surface area (Å²) in [7, 11) is 2.00. The molecule has 0 radical (unpaired) electrons. The molecule has 1 saturated heterocycles. The monoisotopic (exact) mass is 395 g/mol. The van der Waals surface area contributed by atoms with Gasteiger partial charge in [-0.3, -0.25) is 9.69 Å². The van der Waals surface area contributed by atoms with Gasteiger partial charge in [0.2, 0.25) is 0 Å². The van der Waals surface area contributed by atoms with Gasteiger partial charge >= 0.3 is 0 Å². The molecule has 0 aliphatic carbocycles. The molecule has 1 aromatic heterocycles. The van der Waals surface area contributed by atoms with Crippen LogP contribution in [0.3, 0.4) is 0 Å². The highest BCUT2D eigenvalue weighted by Gasteiger charge is 2.57. The maximum Gasteiger partial charge on any atom is 0.163 e. The molecule has 0 bridgehead atoms. The lowest BCUT2D eigenvalue weighted by molar-refractivity contribution is -0.125. The molecule has 2 heterocycles. The summed E-state index contributed by atoms with van der Waals surface area (Å²) in [4.78, 5) is 24.8. The van der Waals surface area contributed by atoms with E-state index < -0.39 is 5.54 Å². The topological polar surface area (TPSA) is 46.1 Å². The standard InChI is InChI=1S/C26H25N3O/c1-25(2)17-23(30)26(29(25)3,16-21-12-8-5-9-13-21)24-27-18-22(19-28-24)15-14-20-10-6-4-7-11-20/h4-13,18-19H,16-17H2,1-3H3. The fourth-order valence-electron chi connectivity index (χ4n) is 4.10. The van der Waals surface area contributed by atoms with E-state index in [-0.39, 0.29) is 11.3 Å². The molecule has 1 unspecified atom stereocenters. The minimum atomic E-state index is -0.879. The van der Waals surface area contributed by atoms with E-state index in [4.69, 9.17) is 0 Å². The van der Waals surface area contributed by atoms with Crippen LogP contribution < -0.4 is 0 Å². The smallest absolute Gasteiger partial charge is 0.163 e. The van der Waals surface area contributed by atoms with Crippen LogP contribution in [0.25, 0.3) is 0 Å². The molecule has 150 valence electrons.